The summed E-state index contributed by atoms with van der Waals surface area (Å²) >= 11 is 0. The van der Waals surface area contributed by atoms with Crippen molar-refractivity contribution < 1.29 is 17.9 Å². The molecule has 2 aromatic carbocycles. The highest BCUT2D eigenvalue weighted by atomic mass is 32.2. The number of anilines is 2. The van der Waals surface area contributed by atoms with Gasteiger partial charge in [-0.3, -0.25) is 4.31 Å². The molecule has 2 amide bonds. The molecule has 2 aromatic rings. The predicted octanol–water partition coefficient (Wildman–Crippen LogP) is 2.21. The van der Waals surface area contributed by atoms with Gasteiger partial charge in [-0.25, -0.2) is 13.2 Å². The predicted molar refractivity (Wildman–Crippen MR) is 101 cm³/mol. The number of benzene rings is 2. The van der Waals surface area contributed by atoms with Gasteiger partial charge in [0.2, 0.25) is 10.0 Å². The molecule has 1 aliphatic rings. The zero-order valence-electron chi connectivity index (χ0n) is 14.4. The third-order valence-corrected chi connectivity index (χ3v) is 5.92. The van der Waals surface area contributed by atoms with E-state index < -0.39 is 16.1 Å². The molecular weight excluding hydrogens is 354 g/mol. The molecule has 0 unspecified atom stereocenters. The smallest absolute Gasteiger partial charge is 0.319 e. The molecule has 0 saturated heterocycles. The average Bonchev–Trinajstić information content (AvgIpc) is 3.06. The van der Waals surface area contributed by atoms with E-state index in [-0.39, 0.29) is 12.3 Å². The largest absolute Gasteiger partial charge is 0.497 e. The van der Waals surface area contributed by atoms with Crippen LogP contribution in [0.5, 0.6) is 5.75 Å². The third kappa shape index (κ3) is 4.08. The Bertz CT molecular complexity index is 899. The Labute approximate surface area is 153 Å². The number of sulfonamides is 1. The number of urea groups is 1. The van der Waals surface area contributed by atoms with Gasteiger partial charge in [-0.1, -0.05) is 24.3 Å². The molecule has 0 saturated carbocycles. The lowest BCUT2D eigenvalue weighted by atomic mass is 10.2. The van der Waals surface area contributed by atoms with Crippen LogP contribution < -0.4 is 19.7 Å². The number of nitrogens with zero attached hydrogens (tertiary/aromatic N) is 1. The van der Waals surface area contributed by atoms with E-state index in [2.05, 4.69) is 10.6 Å². The Hall–Kier alpha value is -2.74. The van der Waals surface area contributed by atoms with Crippen LogP contribution in [0.3, 0.4) is 0 Å². The second kappa shape index (κ2) is 7.65. The molecule has 8 heteroatoms. The fourth-order valence-electron chi connectivity index (χ4n) is 2.88. The Morgan fingerprint density at radius 1 is 1.19 bits per heavy atom. The number of fused-ring (bicyclic) bond motifs is 1. The molecule has 0 atom stereocenters. The molecular formula is C18H21N3O4S. The van der Waals surface area contributed by atoms with E-state index in [0.717, 1.165) is 11.3 Å². The van der Waals surface area contributed by atoms with E-state index in [1.54, 1.807) is 31.4 Å². The summed E-state index contributed by atoms with van der Waals surface area (Å²) in [7, 11) is -1.94. The van der Waals surface area contributed by atoms with Gasteiger partial charge in [-0.2, -0.15) is 0 Å². The van der Waals surface area contributed by atoms with E-state index in [1.165, 1.54) is 4.31 Å². The maximum Gasteiger partial charge on any atom is 0.319 e. The Morgan fingerprint density at radius 2 is 2.00 bits per heavy atom. The van der Waals surface area contributed by atoms with Crippen LogP contribution in [-0.4, -0.2) is 40.4 Å². The van der Waals surface area contributed by atoms with E-state index in [0.29, 0.717) is 24.4 Å². The molecule has 0 bridgehead atoms. The number of carbonyl (C=O) groups is 1. The Balaban J connectivity index is 1.53. The van der Waals surface area contributed by atoms with Gasteiger partial charge in [0.25, 0.3) is 0 Å². The molecule has 0 spiro atoms. The lowest BCUT2D eigenvalue weighted by molar-refractivity contribution is 0.252. The summed E-state index contributed by atoms with van der Waals surface area (Å²) in [6.45, 7) is 0.467. The normalized spacial score (nSPS) is 13.2. The number of nitrogens with one attached hydrogen (secondary N) is 2. The van der Waals surface area contributed by atoms with Crippen LogP contribution in [0.25, 0.3) is 0 Å². The molecule has 0 fully saturated rings. The van der Waals surface area contributed by atoms with Gasteiger partial charge in [0.1, 0.15) is 5.75 Å². The van der Waals surface area contributed by atoms with Crippen molar-refractivity contribution >= 4 is 27.4 Å². The highest BCUT2D eigenvalue weighted by Gasteiger charge is 2.28. The monoisotopic (exact) mass is 375 g/mol. The molecule has 0 aliphatic carbocycles. The third-order valence-electron chi connectivity index (χ3n) is 4.15. The summed E-state index contributed by atoms with van der Waals surface area (Å²) in [6.07, 6.45) is 0.707. The molecule has 2 N–H and O–H groups in total. The number of hydrogen-bond donors (Lipinski definition) is 2. The molecule has 7 nitrogen and oxygen atoms in total. The summed E-state index contributed by atoms with van der Waals surface area (Å²) < 4.78 is 31.6. The van der Waals surface area contributed by atoms with E-state index >= 15 is 0 Å². The first-order chi connectivity index (χ1) is 12.5. The molecule has 138 valence electrons. The van der Waals surface area contributed by atoms with Crippen LogP contribution >= 0.6 is 0 Å². The minimum absolute atomic E-state index is 0.0246. The van der Waals surface area contributed by atoms with Crippen LogP contribution in [0, 0.1) is 0 Å². The second-order valence-corrected chi connectivity index (χ2v) is 7.89. The van der Waals surface area contributed by atoms with Crippen molar-refractivity contribution in [1.82, 2.24) is 5.32 Å². The maximum atomic E-state index is 12.6. The van der Waals surface area contributed by atoms with Crippen LogP contribution in [0.15, 0.2) is 48.5 Å². The van der Waals surface area contributed by atoms with Crippen molar-refractivity contribution in [3.8, 4) is 5.75 Å². The summed E-state index contributed by atoms with van der Waals surface area (Å²) in [5.41, 5.74) is 2.33. The van der Waals surface area contributed by atoms with Crippen LogP contribution in [0.4, 0.5) is 16.2 Å². The zero-order valence-corrected chi connectivity index (χ0v) is 15.3. The van der Waals surface area contributed by atoms with Crippen LogP contribution in [-0.2, 0) is 16.4 Å². The van der Waals surface area contributed by atoms with E-state index in [1.807, 2.05) is 24.3 Å². The standard InChI is InChI=1S/C18H21N3O4S/c1-25-16-7-4-6-15(13-16)20-18(22)19-10-12-26(23,24)21-11-9-14-5-2-3-8-17(14)21/h2-8,13H,9-12H2,1H3,(H2,19,20,22). The van der Waals surface area contributed by atoms with Gasteiger partial charge >= 0.3 is 6.03 Å². The zero-order chi connectivity index (χ0) is 18.6. The van der Waals surface area contributed by atoms with Gasteiger partial charge < -0.3 is 15.4 Å². The van der Waals surface area contributed by atoms with Crippen molar-refractivity contribution in [2.24, 2.45) is 0 Å². The first kappa shape index (κ1) is 18.1. The first-order valence-electron chi connectivity index (χ1n) is 8.27. The van der Waals surface area contributed by atoms with Gasteiger partial charge in [0.05, 0.1) is 18.6 Å². The Kier molecular flexibility index (Phi) is 5.32. The lowest BCUT2D eigenvalue weighted by Gasteiger charge is -2.19. The van der Waals surface area contributed by atoms with E-state index in [4.69, 9.17) is 4.74 Å². The first-order valence-corrected chi connectivity index (χ1v) is 9.88. The molecule has 26 heavy (non-hydrogen) atoms. The topological polar surface area (TPSA) is 87.7 Å². The number of ether oxygens (including phenoxy) is 1. The lowest BCUT2D eigenvalue weighted by Crippen LogP contribution is -2.38. The summed E-state index contributed by atoms with van der Waals surface area (Å²) in [5.74, 6) is 0.463. The minimum atomic E-state index is -3.48. The maximum absolute atomic E-state index is 12.6. The fraction of sp³-hybridized carbons (Fsp3) is 0.278. The summed E-state index contributed by atoms with van der Waals surface area (Å²) in [5, 5.41) is 5.23. The molecule has 3 rings (SSSR count). The molecule has 1 heterocycles. The Morgan fingerprint density at radius 3 is 2.81 bits per heavy atom. The molecule has 1 aliphatic heterocycles. The number of hydrogen-bond acceptors (Lipinski definition) is 4. The number of rotatable bonds is 6. The van der Waals surface area contributed by atoms with Crippen molar-refractivity contribution in [3.63, 3.8) is 0 Å². The SMILES string of the molecule is COc1cccc(NC(=O)NCCS(=O)(=O)N2CCc3ccccc32)c1. The van der Waals surface area contributed by atoms with Crippen molar-refractivity contribution in [1.29, 1.82) is 0 Å². The highest BCUT2D eigenvalue weighted by Crippen LogP contribution is 2.29. The quantitative estimate of drug-likeness (QED) is 0.810. The fourth-order valence-corrected chi connectivity index (χ4v) is 4.30. The second-order valence-electron chi connectivity index (χ2n) is 5.88. The summed E-state index contributed by atoms with van der Waals surface area (Å²) in [6, 6.07) is 13.9. The number of carbonyl (C=O) groups excluding carboxylic acids is 1. The van der Waals surface area contributed by atoms with Crippen LogP contribution in [0.1, 0.15) is 5.56 Å². The van der Waals surface area contributed by atoms with Crippen LogP contribution in [0.2, 0.25) is 0 Å². The number of para-hydroxylation sites is 1. The summed E-state index contributed by atoms with van der Waals surface area (Å²) in [4.78, 5) is 11.9. The van der Waals surface area contributed by atoms with Crippen molar-refractivity contribution in [2.45, 2.75) is 6.42 Å². The average molecular weight is 375 g/mol. The van der Waals surface area contributed by atoms with E-state index in [9.17, 15) is 13.2 Å². The molecule has 0 aromatic heterocycles. The van der Waals surface area contributed by atoms with Gasteiger partial charge in [0, 0.05) is 24.8 Å². The number of amides is 2. The highest BCUT2D eigenvalue weighted by molar-refractivity contribution is 7.92. The molecule has 0 radical (unpaired) electrons. The number of methoxy groups -OCH3 is 1. The van der Waals surface area contributed by atoms with Gasteiger partial charge in [-0.05, 0) is 30.2 Å². The van der Waals surface area contributed by atoms with Gasteiger partial charge in [0.15, 0.2) is 0 Å². The van der Waals surface area contributed by atoms with Gasteiger partial charge in [-0.15, -0.1) is 0 Å². The van der Waals surface area contributed by atoms with Crippen molar-refractivity contribution in [3.05, 3.63) is 54.1 Å². The van der Waals surface area contributed by atoms with Crippen molar-refractivity contribution in [2.75, 3.05) is 35.6 Å². The minimum Gasteiger partial charge on any atom is -0.497 e.